The number of ether oxygens (including phenoxy) is 1. The number of halogens is 2. The predicted molar refractivity (Wildman–Crippen MR) is 73.3 cm³/mol. The molecular formula is C11H20F2O6S2. The number of sulfone groups is 2. The molecule has 0 aliphatic rings. The van der Waals surface area contributed by atoms with Gasteiger partial charge in [-0.25, -0.2) is 16.8 Å². The Kier molecular flexibility index (Phi) is 6.31. The van der Waals surface area contributed by atoms with Gasteiger partial charge >= 0.3 is 10.6 Å². The summed E-state index contributed by atoms with van der Waals surface area (Å²) in [7, 11) is -10.0. The van der Waals surface area contributed by atoms with Gasteiger partial charge in [-0.3, -0.25) is 4.79 Å². The summed E-state index contributed by atoms with van der Waals surface area (Å²) < 4.78 is 72.2. The number of hydrogen-bond donors (Lipinski definition) is 0. The summed E-state index contributed by atoms with van der Waals surface area (Å²) in [5.74, 6) is -2.40. The molecule has 0 amide bonds. The zero-order chi connectivity index (χ0) is 17.1. The van der Waals surface area contributed by atoms with Crippen LogP contribution in [0.25, 0.3) is 0 Å². The molecule has 0 rings (SSSR count). The second kappa shape index (κ2) is 6.55. The van der Waals surface area contributed by atoms with Gasteiger partial charge in [0.05, 0.1) is 12.9 Å². The van der Waals surface area contributed by atoms with E-state index in [2.05, 4.69) is 4.74 Å². The third kappa shape index (κ3) is 3.20. The van der Waals surface area contributed by atoms with Crippen molar-refractivity contribution in [1.82, 2.24) is 0 Å². The van der Waals surface area contributed by atoms with Gasteiger partial charge in [-0.15, -0.1) is 0 Å². The van der Waals surface area contributed by atoms with Gasteiger partial charge in [0.1, 0.15) is 0 Å². The number of carbonyl (C=O) groups is 1. The third-order valence-electron chi connectivity index (χ3n) is 3.33. The lowest BCUT2D eigenvalue weighted by Crippen LogP contribution is -2.54. The van der Waals surface area contributed by atoms with Crippen molar-refractivity contribution in [3.8, 4) is 0 Å². The van der Waals surface area contributed by atoms with Gasteiger partial charge in [0.25, 0.3) is 0 Å². The number of esters is 1. The molecule has 1 unspecified atom stereocenters. The van der Waals surface area contributed by atoms with Gasteiger partial charge in [-0.05, 0) is 19.8 Å². The van der Waals surface area contributed by atoms with Gasteiger partial charge in [0.2, 0.25) is 19.7 Å². The van der Waals surface area contributed by atoms with Gasteiger partial charge in [0, 0.05) is 0 Å². The lowest BCUT2D eigenvalue weighted by molar-refractivity contribution is -0.143. The van der Waals surface area contributed by atoms with Crippen molar-refractivity contribution in [3.63, 3.8) is 0 Å². The molecule has 0 saturated carbocycles. The highest BCUT2D eigenvalue weighted by Crippen LogP contribution is 2.40. The number of rotatable bonds is 8. The molecule has 0 fully saturated rings. The van der Waals surface area contributed by atoms with Crippen molar-refractivity contribution in [2.75, 3.05) is 12.9 Å². The van der Waals surface area contributed by atoms with E-state index in [0.717, 1.165) is 14.0 Å². The van der Waals surface area contributed by atoms with Crippen LogP contribution < -0.4 is 0 Å². The first-order chi connectivity index (χ1) is 9.35. The van der Waals surface area contributed by atoms with Gasteiger partial charge in [-0.2, -0.15) is 8.78 Å². The largest absolute Gasteiger partial charge is 0.468 e. The molecule has 126 valence electrons. The fourth-order valence-corrected chi connectivity index (χ4v) is 5.80. The molecule has 0 aromatic rings. The smallest absolute Gasteiger partial charge is 0.445 e. The summed E-state index contributed by atoms with van der Waals surface area (Å²) in [6, 6.07) is 0. The number of alkyl halides is 2. The Balaban J connectivity index is 6.05. The van der Waals surface area contributed by atoms with Crippen molar-refractivity contribution in [2.45, 2.75) is 49.4 Å². The van der Waals surface area contributed by atoms with Crippen LogP contribution in [0.1, 0.15) is 40.0 Å². The Morgan fingerprint density at radius 3 is 1.95 bits per heavy atom. The summed E-state index contributed by atoms with van der Waals surface area (Å²) in [4.78, 5) is 11.6. The van der Waals surface area contributed by atoms with Crippen LogP contribution in [0.5, 0.6) is 0 Å². The minimum Gasteiger partial charge on any atom is -0.468 e. The molecule has 0 N–H and O–H groups in total. The summed E-state index contributed by atoms with van der Waals surface area (Å²) in [6.45, 7) is 3.49. The third-order valence-corrected chi connectivity index (χ3v) is 8.56. The van der Waals surface area contributed by atoms with Crippen LogP contribution >= 0.6 is 0 Å². The number of unbranched alkanes of at least 4 members (excludes halogenated alkanes) is 1. The zero-order valence-corrected chi connectivity index (χ0v) is 14.0. The van der Waals surface area contributed by atoms with Crippen LogP contribution in [0.2, 0.25) is 0 Å². The molecule has 0 saturated heterocycles. The number of methoxy groups -OCH3 is 1. The second-order valence-corrected chi connectivity index (χ2v) is 9.54. The molecule has 0 aliphatic carbocycles. The van der Waals surface area contributed by atoms with E-state index in [9.17, 15) is 30.4 Å². The van der Waals surface area contributed by atoms with Crippen LogP contribution in [0, 0.1) is 0 Å². The normalized spacial score (nSPS) is 16.3. The van der Waals surface area contributed by atoms with E-state index in [1.165, 1.54) is 6.92 Å². The standard InChI is InChI=1S/C11H20F2O6S2/c1-5-7-8-20(15,16)11(12,13)21(17,18)10(3,6-2)9(14)19-4/h5-8H2,1-4H3. The van der Waals surface area contributed by atoms with E-state index in [1.54, 1.807) is 6.92 Å². The summed E-state index contributed by atoms with van der Waals surface area (Å²) in [6.07, 6.45) is -0.340. The van der Waals surface area contributed by atoms with Gasteiger partial charge in [0.15, 0.2) is 4.75 Å². The summed E-state index contributed by atoms with van der Waals surface area (Å²) in [5.41, 5.74) is 0. The quantitative estimate of drug-likeness (QED) is 0.616. The van der Waals surface area contributed by atoms with E-state index in [4.69, 9.17) is 0 Å². The van der Waals surface area contributed by atoms with Crippen LogP contribution in [-0.4, -0.2) is 45.0 Å². The van der Waals surface area contributed by atoms with E-state index < -0.39 is 47.2 Å². The fraction of sp³-hybridized carbons (Fsp3) is 0.909. The van der Waals surface area contributed by atoms with E-state index in [-0.39, 0.29) is 6.42 Å². The van der Waals surface area contributed by atoms with E-state index >= 15 is 0 Å². The maximum atomic E-state index is 14.1. The second-order valence-electron chi connectivity index (χ2n) is 4.72. The van der Waals surface area contributed by atoms with Crippen molar-refractivity contribution in [1.29, 1.82) is 0 Å². The molecule has 10 heteroatoms. The van der Waals surface area contributed by atoms with E-state index in [0.29, 0.717) is 6.42 Å². The monoisotopic (exact) mass is 350 g/mol. The van der Waals surface area contributed by atoms with Crippen LogP contribution in [0.15, 0.2) is 0 Å². The van der Waals surface area contributed by atoms with Crippen LogP contribution in [0.3, 0.4) is 0 Å². The first-order valence-corrected chi connectivity index (χ1v) is 9.42. The SMILES string of the molecule is CCCCS(=O)(=O)C(F)(F)S(=O)(=O)C(C)(CC)C(=O)OC. The molecule has 21 heavy (non-hydrogen) atoms. The van der Waals surface area contributed by atoms with Crippen molar-refractivity contribution >= 4 is 25.6 Å². The Hall–Kier alpha value is -0.770. The minimum absolute atomic E-state index is 0.103. The van der Waals surface area contributed by atoms with Crippen molar-refractivity contribution in [3.05, 3.63) is 0 Å². The average Bonchev–Trinajstić information content (AvgIpc) is 2.42. The lowest BCUT2D eigenvalue weighted by atomic mass is 10.1. The van der Waals surface area contributed by atoms with E-state index in [1.807, 2.05) is 0 Å². The molecule has 0 aromatic carbocycles. The molecule has 0 bridgehead atoms. The van der Waals surface area contributed by atoms with Gasteiger partial charge in [-0.1, -0.05) is 20.3 Å². The highest BCUT2D eigenvalue weighted by Gasteiger charge is 2.66. The molecule has 1 atom stereocenters. The molecule has 0 heterocycles. The molecule has 0 radical (unpaired) electrons. The van der Waals surface area contributed by atoms with Gasteiger partial charge < -0.3 is 4.74 Å². The molecule has 0 spiro atoms. The molecule has 6 nitrogen and oxygen atoms in total. The first kappa shape index (κ1) is 20.2. The number of hydrogen-bond acceptors (Lipinski definition) is 6. The number of carbonyl (C=O) groups excluding carboxylic acids is 1. The summed E-state index contributed by atoms with van der Waals surface area (Å²) in [5, 5.41) is 0. The highest BCUT2D eigenvalue weighted by atomic mass is 32.3. The zero-order valence-electron chi connectivity index (χ0n) is 12.4. The molecule has 0 aromatic heterocycles. The highest BCUT2D eigenvalue weighted by molar-refractivity contribution is 8.10. The van der Waals surface area contributed by atoms with Crippen molar-refractivity contribution in [2.24, 2.45) is 0 Å². The molecular weight excluding hydrogens is 330 g/mol. The first-order valence-electron chi connectivity index (χ1n) is 6.28. The minimum atomic E-state index is -5.65. The fourth-order valence-electron chi connectivity index (χ4n) is 1.54. The maximum absolute atomic E-state index is 14.1. The lowest BCUT2D eigenvalue weighted by Gasteiger charge is -2.29. The average molecular weight is 350 g/mol. The Bertz CT molecular complexity index is 582. The summed E-state index contributed by atoms with van der Waals surface area (Å²) >= 11 is 0. The van der Waals surface area contributed by atoms with Crippen LogP contribution in [0.4, 0.5) is 8.78 Å². The Morgan fingerprint density at radius 1 is 1.14 bits per heavy atom. The Labute approximate surface area is 123 Å². The maximum Gasteiger partial charge on any atom is 0.445 e. The predicted octanol–water partition coefficient (Wildman–Crippen LogP) is 1.51. The molecule has 0 aliphatic heterocycles. The van der Waals surface area contributed by atoms with Crippen molar-refractivity contribution < 1.29 is 35.1 Å². The topological polar surface area (TPSA) is 94.6 Å². The Morgan fingerprint density at radius 2 is 1.62 bits per heavy atom. The van der Waals surface area contributed by atoms with Crippen LogP contribution in [-0.2, 0) is 29.2 Å².